The average Bonchev–Trinajstić information content (AvgIpc) is 2.19. The Balaban J connectivity index is 2.40. The Hall–Kier alpha value is -0.0700. The highest BCUT2D eigenvalue weighted by Gasteiger charge is 2.37. The molecule has 0 bridgehead atoms. The van der Waals surface area contributed by atoms with Crippen LogP contribution < -0.4 is 0 Å². The molecule has 0 aliphatic rings. The van der Waals surface area contributed by atoms with Gasteiger partial charge in [0.2, 0.25) is 0 Å². The van der Waals surface area contributed by atoms with E-state index < -0.39 is 17.6 Å². The molecular weight excluding hydrogens is 353 g/mol. The zero-order valence-electron chi connectivity index (χ0n) is 8.10. The monoisotopic (exact) mass is 360 g/mol. The fraction of sp³-hybridized carbons (Fsp3) is 0.400. The fourth-order valence-corrected chi connectivity index (χ4v) is 1.57. The van der Waals surface area contributed by atoms with Crippen LogP contribution in [0.5, 0.6) is 0 Å². The Bertz CT molecular complexity index is 341. The van der Waals surface area contributed by atoms with E-state index in [0.29, 0.717) is 0 Å². The van der Waals surface area contributed by atoms with E-state index >= 15 is 0 Å². The summed E-state index contributed by atoms with van der Waals surface area (Å²) in [4.78, 5) is -1.62. The van der Waals surface area contributed by atoms with Gasteiger partial charge >= 0.3 is 6.18 Å². The molecule has 0 spiro atoms. The zero-order valence-corrected chi connectivity index (χ0v) is 11.3. The Morgan fingerprint density at radius 1 is 1.25 bits per heavy atom. The molecule has 0 aromatic heterocycles. The SMILES string of the molecule is FC(F)(F)C(Br)COCc1ccccc1Br. The average molecular weight is 362 g/mol. The van der Waals surface area contributed by atoms with E-state index in [2.05, 4.69) is 31.9 Å². The third-order valence-electron chi connectivity index (χ3n) is 1.83. The van der Waals surface area contributed by atoms with Crippen molar-refractivity contribution in [3.8, 4) is 0 Å². The van der Waals surface area contributed by atoms with E-state index in [1.807, 2.05) is 12.1 Å². The van der Waals surface area contributed by atoms with Crippen molar-refractivity contribution in [1.82, 2.24) is 0 Å². The lowest BCUT2D eigenvalue weighted by Gasteiger charge is -2.14. The van der Waals surface area contributed by atoms with Crippen LogP contribution in [0.2, 0.25) is 0 Å². The molecule has 6 heteroatoms. The van der Waals surface area contributed by atoms with Crippen LogP contribution in [0.4, 0.5) is 13.2 Å². The maximum absolute atomic E-state index is 12.1. The summed E-state index contributed by atoms with van der Waals surface area (Å²) in [6.45, 7) is -0.246. The summed E-state index contributed by atoms with van der Waals surface area (Å²) < 4.78 is 42.2. The normalized spacial score (nSPS) is 13.8. The standard InChI is InChI=1S/C10H9Br2F3O/c11-8-4-2-1-3-7(8)5-16-6-9(12)10(13,14)15/h1-4,9H,5-6H2. The van der Waals surface area contributed by atoms with Crippen molar-refractivity contribution in [3.05, 3.63) is 34.3 Å². The number of halogens is 5. The van der Waals surface area contributed by atoms with Gasteiger partial charge in [-0.05, 0) is 11.6 Å². The molecular formula is C10H9Br2F3O. The van der Waals surface area contributed by atoms with Gasteiger partial charge in [-0.3, -0.25) is 0 Å². The first-order valence-corrected chi connectivity index (χ1v) is 6.14. The molecule has 0 radical (unpaired) electrons. The van der Waals surface area contributed by atoms with Gasteiger partial charge < -0.3 is 4.74 Å². The van der Waals surface area contributed by atoms with E-state index in [1.54, 1.807) is 12.1 Å². The van der Waals surface area contributed by atoms with Crippen LogP contribution >= 0.6 is 31.9 Å². The highest BCUT2D eigenvalue weighted by Crippen LogP contribution is 2.27. The first kappa shape index (κ1) is 14.0. The van der Waals surface area contributed by atoms with Gasteiger partial charge in [0, 0.05) is 4.47 Å². The predicted octanol–water partition coefficient (Wildman–Crippen LogP) is 4.29. The van der Waals surface area contributed by atoms with Crippen LogP contribution in [0.3, 0.4) is 0 Å². The van der Waals surface area contributed by atoms with Gasteiger partial charge in [0.1, 0.15) is 4.83 Å². The molecule has 1 atom stereocenters. The molecule has 0 saturated carbocycles. The van der Waals surface area contributed by atoms with Gasteiger partial charge in [-0.25, -0.2) is 0 Å². The third-order valence-corrected chi connectivity index (χ3v) is 3.39. The molecule has 0 heterocycles. The van der Waals surface area contributed by atoms with Gasteiger partial charge in [-0.15, -0.1) is 0 Å². The first-order valence-electron chi connectivity index (χ1n) is 4.43. The van der Waals surface area contributed by atoms with Crippen molar-refractivity contribution in [2.45, 2.75) is 17.6 Å². The molecule has 0 fully saturated rings. The predicted molar refractivity (Wildman–Crippen MR) is 62.6 cm³/mol. The van der Waals surface area contributed by atoms with Gasteiger partial charge in [-0.1, -0.05) is 50.1 Å². The van der Waals surface area contributed by atoms with Crippen molar-refractivity contribution in [3.63, 3.8) is 0 Å². The molecule has 1 aromatic carbocycles. The maximum atomic E-state index is 12.1. The van der Waals surface area contributed by atoms with Crippen molar-refractivity contribution < 1.29 is 17.9 Å². The van der Waals surface area contributed by atoms with Gasteiger partial charge in [0.25, 0.3) is 0 Å². The largest absolute Gasteiger partial charge is 0.403 e. The highest BCUT2D eigenvalue weighted by atomic mass is 79.9. The smallest absolute Gasteiger partial charge is 0.375 e. The van der Waals surface area contributed by atoms with E-state index in [4.69, 9.17) is 4.74 Å². The van der Waals surface area contributed by atoms with Crippen molar-refractivity contribution in [1.29, 1.82) is 0 Å². The molecule has 1 rings (SSSR count). The minimum Gasteiger partial charge on any atom is -0.375 e. The van der Waals surface area contributed by atoms with E-state index in [9.17, 15) is 13.2 Å². The van der Waals surface area contributed by atoms with E-state index in [0.717, 1.165) is 10.0 Å². The topological polar surface area (TPSA) is 9.23 Å². The van der Waals surface area contributed by atoms with Crippen LogP contribution in [0, 0.1) is 0 Å². The van der Waals surface area contributed by atoms with Crippen molar-refractivity contribution in [2.75, 3.05) is 6.61 Å². The third kappa shape index (κ3) is 4.43. The van der Waals surface area contributed by atoms with Gasteiger partial charge in [0.05, 0.1) is 13.2 Å². The second-order valence-corrected chi connectivity index (χ2v) is 5.08. The quantitative estimate of drug-likeness (QED) is 0.727. The molecule has 0 amide bonds. The number of hydrogen-bond acceptors (Lipinski definition) is 1. The second-order valence-electron chi connectivity index (χ2n) is 3.12. The summed E-state index contributed by atoms with van der Waals surface area (Å²) in [6, 6.07) is 7.24. The summed E-state index contributed by atoms with van der Waals surface area (Å²) in [5.74, 6) is 0. The fourth-order valence-electron chi connectivity index (χ4n) is 0.982. The summed E-state index contributed by atoms with van der Waals surface area (Å²) >= 11 is 5.82. The highest BCUT2D eigenvalue weighted by molar-refractivity contribution is 9.10. The maximum Gasteiger partial charge on any atom is 0.403 e. The summed E-state index contributed by atoms with van der Waals surface area (Å²) in [5, 5.41) is 0. The molecule has 1 nitrogen and oxygen atoms in total. The molecule has 90 valence electrons. The number of ether oxygens (including phenoxy) is 1. The minimum absolute atomic E-state index is 0.152. The lowest BCUT2D eigenvalue weighted by atomic mass is 10.2. The van der Waals surface area contributed by atoms with Crippen molar-refractivity contribution in [2.24, 2.45) is 0 Å². The first-order chi connectivity index (χ1) is 7.41. The molecule has 1 aromatic rings. The number of benzene rings is 1. The summed E-state index contributed by atoms with van der Waals surface area (Å²) in [6.07, 6.45) is -4.27. The Kier molecular flexibility index (Phi) is 5.27. The molecule has 0 saturated heterocycles. The molecule has 0 aliphatic heterocycles. The van der Waals surface area contributed by atoms with Gasteiger partial charge in [0.15, 0.2) is 0 Å². The Morgan fingerprint density at radius 3 is 2.44 bits per heavy atom. The number of hydrogen-bond donors (Lipinski definition) is 0. The van der Waals surface area contributed by atoms with Gasteiger partial charge in [-0.2, -0.15) is 13.2 Å². The summed E-state index contributed by atoms with van der Waals surface area (Å²) in [7, 11) is 0. The Labute approximate surface area is 108 Å². The van der Waals surface area contributed by atoms with E-state index in [-0.39, 0.29) is 6.61 Å². The lowest BCUT2D eigenvalue weighted by Crippen LogP contribution is -2.27. The lowest BCUT2D eigenvalue weighted by molar-refractivity contribution is -0.138. The Morgan fingerprint density at radius 2 is 1.88 bits per heavy atom. The van der Waals surface area contributed by atoms with Crippen LogP contribution in [0.15, 0.2) is 28.7 Å². The zero-order chi connectivity index (χ0) is 12.2. The minimum atomic E-state index is -4.27. The van der Waals surface area contributed by atoms with Crippen LogP contribution in [-0.2, 0) is 11.3 Å². The second kappa shape index (κ2) is 6.02. The van der Waals surface area contributed by atoms with Crippen molar-refractivity contribution >= 4 is 31.9 Å². The summed E-state index contributed by atoms with van der Waals surface area (Å²) in [5.41, 5.74) is 0.823. The van der Waals surface area contributed by atoms with Crippen LogP contribution in [-0.4, -0.2) is 17.6 Å². The van der Waals surface area contributed by atoms with E-state index in [1.165, 1.54) is 0 Å². The number of rotatable bonds is 4. The molecule has 0 N–H and O–H groups in total. The molecule has 1 unspecified atom stereocenters. The number of alkyl halides is 4. The molecule has 0 aliphatic carbocycles. The van der Waals surface area contributed by atoms with Crippen LogP contribution in [0.1, 0.15) is 5.56 Å². The van der Waals surface area contributed by atoms with Crippen LogP contribution in [0.25, 0.3) is 0 Å². The molecule has 16 heavy (non-hydrogen) atoms.